The molecule has 5 nitrogen and oxygen atoms in total. The lowest BCUT2D eigenvalue weighted by Crippen LogP contribution is -2.36. The van der Waals surface area contributed by atoms with E-state index < -0.39 is 12.1 Å². The molecule has 7 heteroatoms. The SMILES string of the molecule is CC(Oc1cc(Cl)cc(Cl)c1)C(=O)NCCCCCC(=O)O. The molecule has 0 saturated carbocycles. The van der Waals surface area contributed by atoms with Gasteiger partial charge >= 0.3 is 5.97 Å². The predicted octanol–water partition coefficient (Wildman–Crippen LogP) is 3.52. The van der Waals surface area contributed by atoms with E-state index in [1.807, 2.05) is 0 Å². The van der Waals surface area contributed by atoms with Crippen LogP contribution in [0.4, 0.5) is 0 Å². The van der Waals surface area contributed by atoms with E-state index in [0.29, 0.717) is 28.8 Å². The Morgan fingerprint density at radius 3 is 2.41 bits per heavy atom. The average Bonchev–Trinajstić information content (AvgIpc) is 2.40. The highest BCUT2D eigenvalue weighted by Gasteiger charge is 2.14. The number of rotatable bonds is 9. The molecule has 1 aromatic carbocycles. The number of ether oxygens (including phenoxy) is 1. The van der Waals surface area contributed by atoms with Crippen molar-refractivity contribution in [3.05, 3.63) is 28.2 Å². The number of nitrogens with one attached hydrogen (secondary N) is 1. The Kier molecular flexibility index (Phi) is 8.06. The van der Waals surface area contributed by atoms with Crippen molar-refractivity contribution < 1.29 is 19.4 Å². The van der Waals surface area contributed by atoms with Gasteiger partial charge in [0, 0.05) is 23.0 Å². The van der Waals surface area contributed by atoms with E-state index in [0.717, 1.165) is 12.8 Å². The molecule has 1 rings (SSSR count). The molecular formula is C15H19Cl2NO4. The number of hydrogen-bond acceptors (Lipinski definition) is 3. The third-order valence-corrected chi connectivity index (χ3v) is 3.32. The van der Waals surface area contributed by atoms with Crippen molar-refractivity contribution in [2.45, 2.75) is 38.7 Å². The number of halogens is 2. The number of hydrogen-bond donors (Lipinski definition) is 2. The van der Waals surface area contributed by atoms with Crippen LogP contribution in [0.5, 0.6) is 5.75 Å². The summed E-state index contributed by atoms with van der Waals surface area (Å²) in [7, 11) is 0. The summed E-state index contributed by atoms with van der Waals surface area (Å²) in [6.07, 6.45) is 1.58. The summed E-state index contributed by atoms with van der Waals surface area (Å²) < 4.78 is 5.49. The zero-order chi connectivity index (χ0) is 16.5. The van der Waals surface area contributed by atoms with Gasteiger partial charge < -0.3 is 15.2 Å². The number of amides is 1. The molecule has 1 unspecified atom stereocenters. The highest BCUT2D eigenvalue weighted by atomic mass is 35.5. The number of carboxylic acid groups (broad SMARTS) is 1. The molecular weight excluding hydrogens is 329 g/mol. The minimum Gasteiger partial charge on any atom is -0.481 e. The Morgan fingerprint density at radius 2 is 1.82 bits per heavy atom. The summed E-state index contributed by atoms with van der Waals surface area (Å²) in [5.74, 6) is -0.609. The average molecular weight is 348 g/mol. The molecule has 0 spiro atoms. The van der Waals surface area contributed by atoms with Gasteiger partial charge in [-0.25, -0.2) is 0 Å². The fraction of sp³-hybridized carbons (Fsp3) is 0.467. The van der Waals surface area contributed by atoms with Crippen molar-refractivity contribution in [2.75, 3.05) is 6.54 Å². The summed E-state index contributed by atoms with van der Waals surface area (Å²) >= 11 is 11.7. The second kappa shape index (κ2) is 9.54. The van der Waals surface area contributed by atoms with E-state index in [1.165, 1.54) is 0 Å². The molecule has 0 aliphatic heterocycles. The van der Waals surface area contributed by atoms with Crippen molar-refractivity contribution in [3.8, 4) is 5.75 Å². The first-order valence-electron chi connectivity index (χ1n) is 7.00. The van der Waals surface area contributed by atoms with Crippen LogP contribution in [0, 0.1) is 0 Å². The van der Waals surface area contributed by atoms with Crippen molar-refractivity contribution in [1.29, 1.82) is 0 Å². The lowest BCUT2D eigenvalue weighted by atomic mass is 10.2. The molecule has 2 N–H and O–H groups in total. The fourth-order valence-corrected chi connectivity index (χ4v) is 2.29. The lowest BCUT2D eigenvalue weighted by molar-refractivity contribution is -0.137. The standard InChI is InChI=1S/C15H19Cl2NO4/c1-10(22-13-8-11(16)7-12(17)9-13)15(21)18-6-4-2-3-5-14(19)20/h7-10H,2-6H2,1H3,(H,18,21)(H,19,20). The summed E-state index contributed by atoms with van der Waals surface area (Å²) in [6.45, 7) is 2.12. The number of benzene rings is 1. The Balaban J connectivity index is 2.28. The molecule has 0 saturated heterocycles. The van der Waals surface area contributed by atoms with Crippen LogP contribution in [-0.4, -0.2) is 29.6 Å². The van der Waals surface area contributed by atoms with Gasteiger partial charge in [0.15, 0.2) is 6.10 Å². The smallest absolute Gasteiger partial charge is 0.303 e. The van der Waals surface area contributed by atoms with Crippen molar-refractivity contribution in [2.24, 2.45) is 0 Å². The first-order valence-corrected chi connectivity index (χ1v) is 7.76. The van der Waals surface area contributed by atoms with Crippen LogP contribution in [0.3, 0.4) is 0 Å². The molecule has 0 heterocycles. The minimum atomic E-state index is -0.800. The number of aliphatic carboxylic acids is 1. The monoisotopic (exact) mass is 347 g/mol. The van der Waals surface area contributed by atoms with Gasteiger partial charge in [0.05, 0.1) is 0 Å². The highest BCUT2D eigenvalue weighted by molar-refractivity contribution is 6.34. The maximum atomic E-state index is 11.9. The van der Waals surface area contributed by atoms with Crippen LogP contribution in [0.15, 0.2) is 18.2 Å². The maximum Gasteiger partial charge on any atom is 0.303 e. The lowest BCUT2D eigenvalue weighted by Gasteiger charge is -2.15. The Hall–Kier alpha value is -1.46. The van der Waals surface area contributed by atoms with Crippen molar-refractivity contribution in [3.63, 3.8) is 0 Å². The number of carbonyl (C=O) groups excluding carboxylic acids is 1. The van der Waals surface area contributed by atoms with Gasteiger partial charge in [-0.15, -0.1) is 0 Å². The minimum absolute atomic E-state index is 0.156. The summed E-state index contributed by atoms with van der Waals surface area (Å²) in [4.78, 5) is 22.2. The molecule has 0 fully saturated rings. The third-order valence-electron chi connectivity index (χ3n) is 2.88. The van der Waals surface area contributed by atoms with Gasteiger partial charge in [-0.05, 0) is 38.0 Å². The Bertz CT molecular complexity index is 502. The first-order chi connectivity index (χ1) is 10.4. The summed E-state index contributed by atoms with van der Waals surface area (Å²) in [6, 6.07) is 4.75. The van der Waals surface area contributed by atoms with E-state index in [1.54, 1.807) is 25.1 Å². The molecule has 1 amide bonds. The van der Waals surface area contributed by atoms with Crippen LogP contribution in [-0.2, 0) is 9.59 Å². The Labute approximate surface area is 139 Å². The number of unbranched alkanes of at least 4 members (excludes halogenated alkanes) is 2. The predicted molar refractivity (Wildman–Crippen MR) is 85.7 cm³/mol. The summed E-state index contributed by atoms with van der Waals surface area (Å²) in [5.41, 5.74) is 0. The molecule has 0 aromatic heterocycles. The van der Waals surface area contributed by atoms with E-state index in [2.05, 4.69) is 5.32 Å². The van der Waals surface area contributed by atoms with Crippen LogP contribution >= 0.6 is 23.2 Å². The summed E-state index contributed by atoms with van der Waals surface area (Å²) in [5, 5.41) is 12.1. The van der Waals surface area contributed by atoms with Gasteiger partial charge in [0.25, 0.3) is 5.91 Å². The Morgan fingerprint density at radius 1 is 1.18 bits per heavy atom. The zero-order valence-electron chi connectivity index (χ0n) is 12.3. The van der Waals surface area contributed by atoms with E-state index in [9.17, 15) is 9.59 Å². The van der Waals surface area contributed by atoms with Gasteiger partial charge in [-0.3, -0.25) is 9.59 Å². The highest BCUT2D eigenvalue weighted by Crippen LogP contribution is 2.24. The van der Waals surface area contributed by atoms with Gasteiger partial charge in [-0.1, -0.05) is 29.6 Å². The largest absolute Gasteiger partial charge is 0.481 e. The fourth-order valence-electron chi connectivity index (χ4n) is 1.79. The number of carboxylic acids is 1. The zero-order valence-corrected chi connectivity index (χ0v) is 13.8. The third kappa shape index (κ3) is 7.52. The molecule has 1 atom stereocenters. The molecule has 0 aliphatic rings. The van der Waals surface area contributed by atoms with Crippen LogP contribution in [0.2, 0.25) is 10.0 Å². The van der Waals surface area contributed by atoms with Crippen LogP contribution < -0.4 is 10.1 Å². The van der Waals surface area contributed by atoms with Gasteiger partial charge in [0.1, 0.15) is 5.75 Å². The van der Waals surface area contributed by atoms with Crippen LogP contribution in [0.25, 0.3) is 0 Å². The quantitative estimate of drug-likeness (QED) is 0.670. The van der Waals surface area contributed by atoms with Gasteiger partial charge in [-0.2, -0.15) is 0 Å². The molecule has 0 aliphatic carbocycles. The number of carbonyl (C=O) groups is 2. The molecule has 122 valence electrons. The van der Waals surface area contributed by atoms with E-state index in [4.69, 9.17) is 33.0 Å². The first kappa shape index (κ1) is 18.6. The van der Waals surface area contributed by atoms with Crippen molar-refractivity contribution in [1.82, 2.24) is 5.32 Å². The second-order valence-corrected chi connectivity index (χ2v) is 5.73. The van der Waals surface area contributed by atoms with Crippen LogP contribution in [0.1, 0.15) is 32.6 Å². The maximum absolute atomic E-state index is 11.9. The van der Waals surface area contributed by atoms with E-state index >= 15 is 0 Å². The molecule has 0 bridgehead atoms. The molecule has 22 heavy (non-hydrogen) atoms. The second-order valence-electron chi connectivity index (χ2n) is 4.86. The molecule has 0 radical (unpaired) electrons. The molecule has 1 aromatic rings. The van der Waals surface area contributed by atoms with E-state index in [-0.39, 0.29) is 12.3 Å². The van der Waals surface area contributed by atoms with Gasteiger partial charge in [0.2, 0.25) is 0 Å². The van der Waals surface area contributed by atoms with Crippen molar-refractivity contribution >= 4 is 35.1 Å². The normalized spacial score (nSPS) is 11.8. The topological polar surface area (TPSA) is 75.6 Å².